The second-order valence-corrected chi connectivity index (χ2v) is 10.6. The summed E-state index contributed by atoms with van der Waals surface area (Å²) >= 11 is 0. The second kappa shape index (κ2) is 8.77. The predicted molar refractivity (Wildman–Crippen MR) is 131 cm³/mol. The third-order valence-electron chi connectivity index (χ3n) is 9.29. The van der Waals surface area contributed by atoms with Crippen LogP contribution in [0, 0.1) is 41.4 Å². The number of ether oxygens (including phenoxy) is 2. The molecular weight excluding hydrogens is 424 g/mol. The van der Waals surface area contributed by atoms with E-state index in [1.165, 1.54) is 11.1 Å². The van der Waals surface area contributed by atoms with E-state index in [1.807, 2.05) is 36.4 Å². The van der Waals surface area contributed by atoms with E-state index in [-0.39, 0.29) is 17.8 Å². The molecule has 4 unspecified atom stereocenters. The third-order valence-corrected chi connectivity index (χ3v) is 9.29. The summed E-state index contributed by atoms with van der Waals surface area (Å²) in [6, 6.07) is 9.28. The van der Waals surface area contributed by atoms with Crippen molar-refractivity contribution >= 4 is 11.8 Å². The van der Waals surface area contributed by atoms with Gasteiger partial charge in [-0.3, -0.25) is 4.79 Å². The van der Waals surface area contributed by atoms with E-state index in [0.29, 0.717) is 42.3 Å². The van der Waals surface area contributed by atoms with Gasteiger partial charge in [-0.05, 0) is 86.8 Å². The van der Waals surface area contributed by atoms with Crippen molar-refractivity contribution in [2.24, 2.45) is 29.1 Å². The Morgan fingerprint density at radius 1 is 1.21 bits per heavy atom. The van der Waals surface area contributed by atoms with E-state index in [9.17, 15) is 9.59 Å². The first-order valence-corrected chi connectivity index (χ1v) is 12.7. The van der Waals surface area contributed by atoms with Crippen molar-refractivity contribution in [3.63, 3.8) is 0 Å². The van der Waals surface area contributed by atoms with Crippen LogP contribution in [0.2, 0.25) is 0 Å². The molecule has 0 amide bonds. The van der Waals surface area contributed by atoms with Crippen LogP contribution in [-0.4, -0.2) is 24.0 Å². The van der Waals surface area contributed by atoms with Crippen LogP contribution in [0.3, 0.4) is 0 Å². The molecule has 0 saturated heterocycles. The quantitative estimate of drug-likeness (QED) is 0.324. The summed E-state index contributed by atoms with van der Waals surface area (Å²) in [5, 5.41) is 0. The fourth-order valence-electron chi connectivity index (χ4n) is 7.94. The molecule has 4 heteroatoms. The Kier molecular flexibility index (Phi) is 5.92. The molecule has 0 aromatic heterocycles. The van der Waals surface area contributed by atoms with Gasteiger partial charge in [0, 0.05) is 11.8 Å². The van der Waals surface area contributed by atoms with Crippen molar-refractivity contribution in [3.8, 4) is 18.1 Å². The number of rotatable bonds is 5. The molecular formula is C30H34O4. The Bertz CT molecular complexity index is 1060. The van der Waals surface area contributed by atoms with E-state index >= 15 is 0 Å². The Balaban J connectivity index is 1.39. The molecule has 5 rings (SSSR count). The molecule has 0 heterocycles. The zero-order valence-corrected chi connectivity index (χ0v) is 20.1. The summed E-state index contributed by atoms with van der Waals surface area (Å²) in [5.41, 5.74) is 1.32. The van der Waals surface area contributed by atoms with Crippen LogP contribution in [0.15, 0.2) is 54.1 Å². The van der Waals surface area contributed by atoms with Gasteiger partial charge in [0.25, 0.3) is 0 Å². The van der Waals surface area contributed by atoms with Crippen molar-refractivity contribution in [3.05, 3.63) is 54.1 Å². The highest BCUT2D eigenvalue weighted by Crippen LogP contribution is 2.68. The minimum absolute atomic E-state index is 0.158. The maximum atomic E-state index is 12.9. The lowest BCUT2D eigenvalue weighted by molar-refractivity contribution is -0.172. The van der Waals surface area contributed by atoms with Crippen molar-refractivity contribution in [2.75, 3.05) is 6.61 Å². The van der Waals surface area contributed by atoms with E-state index in [2.05, 4.69) is 19.4 Å². The average molecular weight is 459 g/mol. The van der Waals surface area contributed by atoms with E-state index in [4.69, 9.17) is 15.9 Å². The van der Waals surface area contributed by atoms with Crippen LogP contribution in [0.25, 0.3) is 0 Å². The molecule has 0 radical (unpaired) electrons. The highest BCUT2D eigenvalue weighted by molar-refractivity contribution is 5.91. The Morgan fingerprint density at radius 2 is 2.00 bits per heavy atom. The second-order valence-electron chi connectivity index (χ2n) is 10.6. The summed E-state index contributed by atoms with van der Waals surface area (Å²) in [7, 11) is 0. The fourth-order valence-corrected chi connectivity index (χ4v) is 7.94. The van der Waals surface area contributed by atoms with Gasteiger partial charge in [0.2, 0.25) is 0 Å². The Hall–Kier alpha value is -2.80. The van der Waals surface area contributed by atoms with Crippen molar-refractivity contribution in [2.45, 2.75) is 63.9 Å². The summed E-state index contributed by atoms with van der Waals surface area (Å²) in [5.74, 6) is 5.18. The van der Waals surface area contributed by atoms with Crippen molar-refractivity contribution in [1.82, 2.24) is 0 Å². The zero-order valence-electron chi connectivity index (χ0n) is 20.1. The molecule has 178 valence electrons. The number of esters is 1. The monoisotopic (exact) mass is 458 g/mol. The van der Waals surface area contributed by atoms with Gasteiger partial charge < -0.3 is 9.47 Å². The minimum Gasteiger partial charge on any atom is -0.482 e. The third kappa shape index (κ3) is 3.52. The van der Waals surface area contributed by atoms with Gasteiger partial charge in [-0.2, -0.15) is 0 Å². The molecule has 0 spiro atoms. The van der Waals surface area contributed by atoms with Crippen molar-refractivity contribution in [1.29, 1.82) is 0 Å². The highest BCUT2D eigenvalue weighted by atomic mass is 16.6. The SMILES string of the molecule is C#C[C@]1(OC(=O)COc2ccccc2)CCC2C3CCC4=CC(=O)CCC4C3C(=C)C[C@@]21CC. The Morgan fingerprint density at radius 3 is 2.74 bits per heavy atom. The molecule has 0 aliphatic heterocycles. The molecule has 3 fully saturated rings. The summed E-state index contributed by atoms with van der Waals surface area (Å²) in [6.45, 7) is 6.59. The van der Waals surface area contributed by atoms with Crippen LogP contribution < -0.4 is 4.74 Å². The van der Waals surface area contributed by atoms with Gasteiger partial charge in [0.15, 0.2) is 18.0 Å². The van der Waals surface area contributed by atoms with E-state index in [0.717, 1.165) is 38.5 Å². The Labute approximate surface area is 202 Å². The van der Waals surface area contributed by atoms with Gasteiger partial charge >= 0.3 is 5.97 Å². The topological polar surface area (TPSA) is 52.6 Å². The van der Waals surface area contributed by atoms with Gasteiger partial charge in [-0.25, -0.2) is 4.79 Å². The van der Waals surface area contributed by atoms with Gasteiger partial charge in [0.1, 0.15) is 5.75 Å². The number of fused-ring (bicyclic) bond motifs is 5. The average Bonchev–Trinajstić information content (AvgIpc) is 3.17. The molecule has 0 N–H and O–H groups in total. The fraction of sp³-hybridized carbons (Fsp3) is 0.533. The lowest BCUT2D eigenvalue weighted by Crippen LogP contribution is -2.56. The number of carbonyl (C=O) groups is 2. The first-order chi connectivity index (χ1) is 16.4. The maximum Gasteiger partial charge on any atom is 0.345 e. The summed E-state index contributed by atoms with van der Waals surface area (Å²) < 4.78 is 11.8. The molecule has 4 aliphatic rings. The van der Waals surface area contributed by atoms with Crippen LogP contribution in [0.5, 0.6) is 5.75 Å². The number of allylic oxidation sites excluding steroid dienone is 2. The molecule has 0 bridgehead atoms. The summed E-state index contributed by atoms with van der Waals surface area (Å²) in [6.07, 6.45) is 15.0. The summed E-state index contributed by atoms with van der Waals surface area (Å²) in [4.78, 5) is 25.0. The molecule has 4 nitrogen and oxygen atoms in total. The first-order valence-electron chi connectivity index (χ1n) is 12.7. The predicted octanol–water partition coefficient (Wildman–Crippen LogP) is 5.68. The molecule has 3 saturated carbocycles. The van der Waals surface area contributed by atoms with Crippen LogP contribution in [0.4, 0.5) is 0 Å². The van der Waals surface area contributed by atoms with Crippen LogP contribution in [-0.2, 0) is 14.3 Å². The number of hydrogen-bond acceptors (Lipinski definition) is 4. The molecule has 1 aromatic carbocycles. The van der Waals surface area contributed by atoms with Crippen molar-refractivity contribution < 1.29 is 19.1 Å². The van der Waals surface area contributed by atoms with Crippen LogP contribution in [0.1, 0.15) is 58.3 Å². The minimum atomic E-state index is -0.934. The van der Waals surface area contributed by atoms with Gasteiger partial charge in [0.05, 0.1) is 0 Å². The molecule has 6 atom stereocenters. The maximum absolute atomic E-state index is 12.9. The lowest BCUT2D eigenvalue weighted by Gasteiger charge is -2.57. The highest BCUT2D eigenvalue weighted by Gasteiger charge is 2.66. The molecule has 4 aliphatic carbocycles. The number of para-hydroxylation sites is 1. The number of terminal acetylenes is 1. The smallest absolute Gasteiger partial charge is 0.345 e. The van der Waals surface area contributed by atoms with Crippen LogP contribution >= 0.6 is 0 Å². The molecule has 34 heavy (non-hydrogen) atoms. The standard InChI is InChI=1S/C30H34O4/c1-4-29-18-20(3)28-24-14-12-22(31)17-21(24)11-13-25(28)26(29)15-16-30(29,5-2)34-27(32)19-33-23-9-7-6-8-10-23/h2,6-10,17,24-26,28H,3-4,11-16,18-19H2,1H3/t24?,25?,26?,28?,29-,30-/m0/s1. The number of benzene rings is 1. The van der Waals surface area contributed by atoms with Gasteiger partial charge in [-0.15, -0.1) is 6.42 Å². The number of hydrogen-bond donors (Lipinski definition) is 0. The number of carbonyl (C=O) groups excluding carboxylic acids is 2. The largest absolute Gasteiger partial charge is 0.482 e. The number of ketones is 1. The zero-order chi connectivity index (χ0) is 23.9. The molecule has 1 aromatic rings. The normalized spacial score (nSPS) is 36.4. The van der Waals surface area contributed by atoms with E-state index < -0.39 is 11.6 Å². The lowest BCUT2D eigenvalue weighted by atomic mass is 9.48. The van der Waals surface area contributed by atoms with Gasteiger partial charge in [-0.1, -0.05) is 48.8 Å². The van der Waals surface area contributed by atoms with E-state index in [1.54, 1.807) is 0 Å². The first kappa shape index (κ1) is 23.0.